The number of methoxy groups -OCH3 is 1. The smallest absolute Gasteiger partial charge is 0.159 e. The largest absolute Gasteiger partial charge is 0.497 e. The first kappa shape index (κ1) is 12.1. The molecule has 19 heavy (non-hydrogen) atoms. The molecular weight excluding hydrogens is 238 g/mol. The van der Waals surface area contributed by atoms with Crippen LogP contribution < -0.4 is 10.1 Å². The number of rotatable bonds is 3. The van der Waals surface area contributed by atoms with Gasteiger partial charge in [0.1, 0.15) is 5.75 Å². The van der Waals surface area contributed by atoms with Crippen LogP contribution in [0.5, 0.6) is 5.75 Å². The van der Waals surface area contributed by atoms with Crippen molar-refractivity contribution >= 4 is 0 Å². The van der Waals surface area contributed by atoms with Crippen molar-refractivity contribution in [1.29, 1.82) is 0 Å². The number of hydrogen-bond acceptors (Lipinski definition) is 4. The van der Waals surface area contributed by atoms with E-state index in [2.05, 4.69) is 17.2 Å². The highest BCUT2D eigenvalue weighted by Crippen LogP contribution is 2.24. The van der Waals surface area contributed by atoms with Crippen LogP contribution in [0.25, 0.3) is 11.4 Å². The van der Waals surface area contributed by atoms with E-state index in [1.807, 2.05) is 24.3 Å². The lowest BCUT2D eigenvalue weighted by Crippen LogP contribution is -2.02. The molecule has 1 aromatic carbocycles. The molecule has 0 aliphatic carbocycles. The van der Waals surface area contributed by atoms with Gasteiger partial charge in [-0.1, -0.05) is 6.92 Å². The van der Waals surface area contributed by atoms with Crippen molar-refractivity contribution in [3.63, 3.8) is 0 Å². The van der Waals surface area contributed by atoms with Crippen LogP contribution in [0.4, 0.5) is 0 Å². The van der Waals surface area contributed by atoms with Gasteiger partial charge in [-0.2, -0.15) is 0 Å². The number of aryl methyl sites for hydroxylation is 1. The number of ether oxygens (including phenoxy) is 1. The third kappa shape index (κ3) is 2.19. The van der Waals surface area contributed by atoms with Gasteiger partial charge in [0.05, 0.1) is 12.8 Å². The van der Waals surface area contributed by atoms with E-state index in [0.717, 1.165) is 48.0 Å². The first-order chi connectivity index (χ1) is 9.31. The second kappa shape index (κ2) is 4.97. The lowest BCUT2D eigenvalue weighted by molar-refractivity contribution is 0.415. The summed E-state index contributed by atoms with van der Waals surface area (Å²) in [6.45, 7) is 3.87. The molecule has 3 rings (SSSR count). The van der Waals surface area contributed by atoms with Gasteiger partial charge in [-0.25, -0.2) is 9.97 Å². The summed E-state index contributed by atoms with van der Waals surface area (Å²) in [5, 5.41) is 3.34. The van der Waals surface area contributed by atoms with Crippen LogP contribution in [0.15, 0.2) is 24.3 Å². The average Bonchev–Trinajstić information content (AvgIpc) is 2.94. The molecule has 0 fully saturated rings. The fraction of sp³-hybridized carbons (Fsp3) is 0.333. The van der Waals surface area contributed by atoms with Crippen molar-refractivity contribution in [2.45, 2.75) is 26.4 Å². The van der Waals surface area contributed by atoms with Gasteiger partial charge in [-0.05, 0) is 30.7 Å². The monoisotopic (exact) mass is 255 g/mol. The predicted octanol–water partition coefficient (Wildman–Crippen LogP) is 2.32. The first-order valence-corrected chi connectivity index (χ1v) is 6.55. The van der Waals surface area contributed by atoms with E-state index >= 15 is 0 Å². The van der Waals surface area contributed by atoms with Gasteiger partial charge in [0, 0.05) is 29.9 Å². The van der Waals surface area contributed by atoms with Crippen LogP contribution in [0.3, 0.4) is 0 Å². The second-order valence-corrected chi connectivity index (χ2v) is 4.60. The zero-order valence-electron chi connectivity index (χ0n) is 11.2. The molecule has 2 aromatic rings. The Morgan fingerprint density at radius 3 is 2.63 bits per heavy atom. The molecule has 1 N–H and O–H groups in total. The highest BCUT2D eigenvalue weighted by molar-refractivity contribution is 5.57. The van der Waals surface area contributed by atoms with Crippen LogP contribution in [-0.2, 0) is 19.5 Å². The molecule has 0 amide bonds. The van der Waals surface area contributed by atoms with Gasteiger partial charge < -0.3 is 10.1 Å². The minimum atomic E-state index is 0.807. The number of hydrogen-bond donors (Lipinski definition) is 1. The van der Waals surface area contributed by atoms with Crippen LogP contribution in [-0.4, -0.2) is 17.1 Å². The number of nitrogens with zero attached hydrogens (tertiary/aromatic N) is 2. The van der Waals surface area contributed by atoms with Crippen LogP contribution in [0.1, 0.15) is 23.9 Å². The van der Waals surface area contributed by atoms with Crippen molar-refractivity contribution in [3.05, 3.63) is 41.2 Å². The molecule has 0 bridgehead atoms. The van der Waals surface area contributed by atoms with Crippen molar-refractivity contribution in [2.75, 3.05) is 7.11 Å². The Bertz CT molecular complexity index is 593. The zero-order valence-corrected chi connectivity index (χ0v) is 11.2. The number of benzene rings is 1. The maximum Gasteiger partial charge on any atom is 0.159 e. The van der Waals surface area contributed by atoms with Gasteiger partial charge >= 0.3 is 0 Å². The fourth-order valence-electron chi connectivity index (χ4n) is 2.40. The zero-order chi connectivity index (χ0) is 13.2. The van der Waals surface area contributed by atoms with Crippen molar-refractivity contribution < 1.29 is 4.74 Å². The van der Waals surface area contributed by atoms with E-state index in [1.54, 1.807) is 7.11 Å². The molecule has 1 aromatic heterocycles. The summed E-state index contributed by atoms with van der Waals surface area (Å²) >= 11 is 0. The predicted molar refractivity (Wildman–Crippen MR) is 73.9 cm³/mol. The molecule has 1 aliphatic rings. The van der Waals surface area contributed by atoms with Gasteiger partial charge in [0.2, 0.25) is 0 Å². The third-order valence-corrected chi connectivity index (χ3v) is 3.46. The Balaban J connectivity index is 2.04. The van der Waals surface area contributed by atoms with Crippen molar-refractivity contribution in [2.24, 2.45) is 0 Å². The second-order valence-electron chi connectivity index (χ2n) is 4.60. The molecule has 0 unspecified atom stereocenters. The minimum absolute atomic E-state index is 0.807. The average molecular weight is 255 g/mol. The Hall–Kier alpha value is -1.94. The Kier molecular flexibility index (Phi) is 3.17. The van der Waals surface area contributed by atoms with Crippen LogP contribution in [0, 0.1) is 0 Å². The summed E-state index contributed by atoms with van der Waals surface area (Å²) in [4.78, 5) is 9.37. The van der Waals surface area contributed by atoms with E-state index in [1.165, 1.54) is 5.56 Å². The van der Waals surface area contributed by atoms with Crippen LogP contribution in [0.2, 0.25) is 0 Å². The number of fused-ring (bicyclic) bond motifs is 1. The normalized spacial score (nSPS) is 13.4. The number of aromatic nitrogens is 2. The van der Waals surface area contributed by atoms with E-state index in [0.29, 0.717) is 0 Å². The van der Waals surface area contributed by atoms with Gasteiger partial charge in [-0.15, -0.1) is 0 Å². The molecule has 1 aliphatic heterocycles. The SMILES string of the molecule is CCc1nc(-c2ccc(OC)cc2)nc2c1CNC2. The topological polar surface area (TPSA) is 47.0 Å². The molecular formula is C15H17N3O. The highest BCUT2D eigenvalue weighted by Gasteiger charge is 2.18. The van der Waals surface area contributed by atoms with Crippen LogP contribution >= 0.6 is 0 Å². The van der Waals surface area contributed by atoms with Gasteiger partial charge in [0.25, 0.3) is 0 Å². The summed E-state index contributed by atoms with van der Waals surface area (Å²) in [6, 6.07) is 7.89. The maximum atomic E-state index is 5.17. The maximum absolute atomic E-state index is 5.17. The van der Waals surface area contributed by atoms with Crippen molar-refractivity contribution in [3.8, 4) is 17.1 Å². The molecule has 4 nitrogen and oxygen atoms in total. The van der Waals surface area contributed by atoms with Gasteiger partial charge in [0.15, 0.2) is 5.82 Å². The Labute approximate surface area is 112 Å². The molecule has 2 heterocycles. The van der Waals surface area contributed by atoms with E-state index in [4.69, 9.17) is 9.72 Å². The van der Waals surface area contributed by atoms with Crippen molar-refractivity contribution in [1.82, 2.24) is 15.3 Å². The summed E-state index contributed by atoms with van der Waals surface area (Å²) in [5.41, 5.74) is 4.60. The molecule has 0 spiro atoms. The number of nitrogens with one attached hydrogen (secondary N) is 1. The lowest BCUT2D eigenvalue weighted by Gasteiger charge is -2.08. The summed E-state index contributed by atoms with van der Waals surface area (Å²) in [7, 11) is 1.67. The minimum Gasteiger partial charge on any atom is -0.497 e. The van der Waals surface area contributed by atoms with Gasteiger partial charge in [-0.3, -0.25) is 0 Å². The third-order valence-electron chi connectivity index (χ3n) is 3.46. The molecule has 0 saturated heterocycles. The summed E-state index contributed by atoms with van der Waals surface area (Å²) in [5.74, 6) is 1.66. The quantitative estimate of drug-likeness (QED) is 0.914. The highest BCUT2D eigenvalue weighted by atomic mass is 16.5. The van der Waals surface area contributed by atoms with E-state index in [-0.39, 0.29) is 0 Å². The lowest BCUT2D eigenvalue weighted by atomic mass is 10.1. The first-order valence-electron chi connectivity index (χ1n) is 6.55. The Morgan fingerprint density at radius 1 is 1.16 bits per heavy atom. The van der Waals surface area contributed by atoms with E-state index < -0.39 is 0 Å². The fourth-order valence-corrected chi connectivity index (χ4v) is 2.40. The molecule has 0 radical (unpaired) electrons. The Morgan fingerprint density at radius 2 is 1.95 bits per heavy atom. The molecule has 4 heteroatoms. The molecule has 0 atom stereocenters. The molecule has 98 valence electrons. The standard InChI is InChI=1S/C15H17N3O/c1-3-13-12-8-16-9-14(12)18-15(17-13)10-4-6-11(19-2)7-5-10/h4-7,16H,3,8-9H2,1-2H3. The summed E-state index contributed by atoms with van der Waals surface area (Å²) in [6.07, 6.45) is 0.940. The molecule has 0 saturated carbocycles. The van der Waals surface area contributed by atoms with E-state index in [9.17, 15) is 0 Å². The summed E-state index contributed by atoms with van der Waals surface area (Å²) < 4.78 is 5.17.